The Balaban J connectivity index is 2.16. The maximum absolute atomic E-state index is 12.2. The Morgan fingerprint density at radius 1 is 1.53 bits per heavy atom. The van der Waals surface area contributed by atoms with Crippen LogP contribution in [0, 0.1) is 5.41 Å². The van der Waals surface area contributed by atoms with E-state index in [2.05, 4.69) is 0 Å². The molecule has 0 saturated carbocycles. The Labute approximate surface area is 112 Å². The van der Waals surface area contributed by atoms with Gasteiger partial charge in [0.15, 0.2) is 0 Å². The first-order valence-corrected chi connectivity index (χ1v) is 6.64. The Kier molecular flexibility index (Phi) is 3.93. The highest BCUT2D eigenvalue weighted by molar-refractivity contribution is 5.94. The molecule has 0 bridgehead atoms. The smallest absolute Gasteiger partial charge is 0.311 e. The lowest BCUT2D eigenvalue weighted by Crippen LogP contribution is -2.49. The monoisotopic (exact) mass is 265 g/mol. The fraction of sp³-hybridized carbons (Fsp3) is 0.571. The van der Waals surface area contributed by atoms with E-state index in [0.29, 0.717) is 31.5 Å². The largest absolute Gasteiger partial charge is 0.481 e. The van der Waals surface area contributed by atoms with Gasteiger partial charge in [-0.25, -0.2) is 0 Å². The van der Waals surface area contributed by atoms with E-state index in [4.69, 9.17) is 4.42 Å². The maximum Gasteiger partial charge on any atom is 0.311 e. The molecule has 1 atom stereocenters. The van der Waals surface area contributed by atoms with Crippen molar-refractivity contribution in [1.29, 1.82) is 0 Å². The van der Waals surface area contributed by atoms with E-state index in [-0.39, 0.29) is 5.91 Å². The molecule has 1 unspecified atom stereocenters. The summed E-state index contributed by atoms with van der Waals surface area (Å²) in [4.78, 5) is 25.4. The van der Waals surface area contributed by atoms with Gasteiger partial charge in [0.25, 0.3) is 5.91 Å². The molecule has 1 aromatic heterocycles. The summed E-state index contributed by atoms with van der Waals surface area (Å²) in [5.41, 5.74) is -0.301. The van der Waals surface area contributed by atoms with Crippen molar-refractivity contribution in [2.24, 2.45) is 5.41 Å². The number of carboxylic acids is 1. The normalized spacial score (nSPS) is 23.3. The molecule has 1 saturated heterocycles. The van der Waals surface area contributed by atoms with Crippen molar-refractivity contribution in [2.45, 2.75) is 32.6 Å². The first-order valence-electron chi connectivity index (χ1n) is 6.64. The van der Waals surface area contributed by atoms with Gasteiger partial charge >= 0.3 is 5.97 Å². The molecule has 1 N–H and O–H groups in total. The lowest BCUT2D eigenvalue weighted by molar-refractivity contribution is -0.152. The summed E-state index contributed by atoms with van der Waals surface area (Å²) >= 11 is 0. The molecule has 0 radical (unpaired) electrons. The highest BCUT2D eigenvalue weighted by Crippen LogP contribution is 2.35. The fourth-order valence-corrected chi connectivity index (χ4v) is 2.84. The Bertz CT molecular complexity index is 450. The predicted octanol–water partition coefficient (Wildman–Crippen LogP) is 2.39. The third-order valence-corrected chi connectivity index (χ3v) is 3.81. The van der Waals surface area contributed by atoms with Crippen LogP contribution in [0.5, 0.6) is 0 Å². The summed E-state index contributed by atoms with van der Waals surface area (Å²) in [5.74, 6) is -0.936. The summed E-state index contributed by atoms with van der Waals surface area (Å²) < 4.78 is 4.91. The highest BCUT2D eigenvalue weighted by atomic mass is 16.4. The number of nitrogens with zero attached hydrogens (tertiary/aromatic N) is 1. The SMILES string of the molecule is CCCC1(C(=O)O)CCCN(C(=O)c2ccoc2)C1. The summed E-state index contributed by atoms with van der Waals surface area (Å²) in [6.07, 6.45) is 5.64. The van der Waals surface area contributed by atoms with Gasteiger partial charge in [-0.15, -0.1) is 0 Å². The molecule has 19 heavy (non-hydrogen) atoms. The van der Waals surface area contributed by atoms with Gasteiger partial charge < -0.3 is 14.4 Å². The van der Waals surface area contributed by atoms with Crippen molar-refractivity contribution in [3.8, 4) is 0 Å². The second-order valence-corrected chi connectivity index (χ2v) is 5.18. The van der Waals surface area contributed by atoms with E-state index < -0.39 is 11.4 Å². The summed E-state index contributed by atoms with van der Waals surface area (Å²) in [5, 5.41) is 9.49. The van der Waals surface area contributed by atoms with Gasteiger partial charge in [0.1, 0.15) is 6.26 Å². The van der Waals surface area contributed by atoms with Gasteiger partial charge in [-0.1, -0.05) is 13.3 Å². The van der Waals surface area contributed by atoms with Crippen LogP contribution in [0.1, 0.15) is 43.0 Å². The number of hydrogen-bond acceptors (Lipinski definition) is 3. The fourth-order valence-electron chi connectivity index (χ4n) is 2.84. The van der Waals surface area contributed by atoms with Crippen LogP contribution in [-0.2, 0) is 4.79 Å². The van der Waals surface area contributed by atoms with Crippen molar-refractivity contribution < 1.29 is 19.1 Å². The number of carbonyl (C=O) groups is 2. The molecule has 1 fully saturated rings. The van der Waals surface area contributed by atoms with Crippen molar-refractivity contribution in [3.63, 3.8) is 0 Å². The summed E-state index contributed by atoms with van der Waals surface area (Å²) in [6, 6.07) is 1.61. The zero-order valence-electron chi connectivity index (χ0n) is 11.1. The number of carbonyl (C=O) groups excluding carboxylic acids is 1. The minimum Gasteiger partial charge on any atom is -0.481 e. The van der Waals surface area contributed by atoms with Crippen molar-refractivity contribution in [3.05, 3.63) is 24.2 Å². The van der Waals surface area contributed by atoms with Crippen molar-refractivity contribution >= 4 is 11.9 Å². The molecular weight excluding hydrogens is 246 g/mol. The highest BCUT2D eigenvalue weighted by Gasteiger charge is 2.42. The number of furan rings is 1. The summed E-state index contributed by atoms with van der Waals surface area (Å²) in [6.45, 7) is 2.88. The van der Waals surface area contributed by atoms with Crippen LogP contribution in [0.2, 0.25) is 0 Å². The number of hydrogen-bond donors (Lipinski definition) is 1. The average molecular weight is 265 g/mol. The molecule has 0 spiro atoms. The zero-order chi connectivity index (χ0) is 13.9. The molecule has 0 aliphatic carbocycles. The summed E-state index contributed by atoms with van der Waals surface area (Å²) in [7, 11) is 0. The van der Waals surface area contributed by atoms with Crippen molar-refractivity contribution in [2.75, 3.05) is 13.1 Å². The third-order valence-electron chi connectivity index (χ3n) is 3.81. The molecule has 2 rings (SSSR count). The van der Waals surface area contributed by atoms with Gasteiger partial charge in [0, 0.05) is 13.1 Å². The van der Waals surface area contributed by atoms with E-state index in [1.807, 2.05) is 6.92 Å². The predicted molar refractivity (Wildman–Crippen MR) is 68.8 cm³/mol. The molecule has 1 amide bonds. The number of aliphatic carboxylic acids is 1. The van der Waals surface area contributed by atoms with Gasteiger partial charge in [0.2, 0.25) is 0 Å². The third kappa shape index (κ3) is 2.64. The van der Waals surface area contributed by atoms with E-state index in [9.17, 15) is 14.7 Å². The van der Waals surface area contributed by atoms with Gasteiger partial charge in [-0.2, -0.15) is 0 Å². The Morgan fingerprint density at radius 3 is 2.89 bits per heavy atom. The number of rotatable bonds is 4. The van der Waals surface area contributed by atoms with E-state index in [0.717, 1.165) is 12.8 Å². The van der Waals surface area contributed by atoms with E-state index >= 15 is 0 Å². The molecular formula is C14H19NO4. The molecule has 1 aliphatic rings. The zero-order valence-corrected chi connectivity index (χ0v) is 11.1. The van der Waals surface area contributed by atoms with Crippen LogP contribution >= 0.6 is 0 Å². The van der Waals surface area contributed by atoms with Crippen LogP contribution in [0.3, 0.4) is 0 Å². The minimum atomic E-state index is -0.793. The molecule has 5 nitrogen and oxygen atoms in total. The van der Waals surface area contributed by atoms with E-state index in [1.165, 1.54) is 12.5 Å². The molecule has 2 heterocycles. The van der Waals surface area contributed by atoms with E-state index in [1.54, 1.807) is 11.0 Å². The quantitative estimate of drug-likeness (QED) is 0.907. The number of likely N-dealkylation sites (tertiary alicyclic amines) is 1. The standard InChI is InChI=1S/C14H19NO4/c1-2-5-14(13(17)18)6-3-7-15(10-14)12(16)11-4-8-19-9-11/h4,8-9H,2-3,5-7,10H2,1H3,(H,17,18). The first-order chi connectivity index (χ1) is 9.09. The van der Waals surface area contributed by atoms with Gasteiger partial charge in [0.05, 0.1) is 17.2 Å². The van der Waals surface area contributed by atoms with Crippen molar-refractivity contribution in [1.82, 2.24) is 4.90 Å². The molecule has 5 heteroatoms. The maximum atomic E-state index is 12.2. The molecule has 1 aromatic rings. The van der Waals surface area contributed by atoms with Crippen LogP contribution in [-0.4, -0.2) is 35.0 Å². The Morgan fingerprint density at radius 2 is 2.32 bits per heavy atom. The van der Waals surface area contributed by atoms with Crippen LogP contribution < -0.4 is 0 Å². The van der Waals surface area contributed by atoms with Gasteiger partial charge in [-0.05, 0) is 25.3 Å². The lowest BCUT2D eigenvalue weighted by Gasteiger charge is -2.39. The average Bonchev–Trinajstić information content (AvgIpc) is 2.92. The first kappa shape index (κ1) is 13.6. The molecule has 104 valence electrons. The number of carboxylic acid groups (broad SMARTS) is 1. The Hall–Kier alpha value is -1.78. The van der Waals surface area contributed by atoms with Gasteiger partial charge in [-0.3, -0.25) is 9.59 Å². The van der Waals surface area contributed by atoms with Crippen LogP contribution in [0.15, 0.2) is 23.0 Å². The number of amides is 1. The molecule has 1 aliphatic heterocycles. The molecule has 0 aromatic carbocycles. The second kappa shape index (κ2) is 5.47. The minimum absolute atomic E-state index is 0.143. The second-order valence-electron chi connectivity index (χ2n) is 5.18. The van der Waals surface area contributed by atoms with Crippen LogP contribution in [0.4, 0.5) is 0 Å². The topological polar surface area (TPSA) is 70.8 Å². The number of piperidine rings is 1. The lowest BCUT2D eigenvalue weighted by atomic mass is 9.76. The van der Waals surface area contributed by atoms with Crippen LogP contribution in [0.25, 0.3) is 0 Å².